The highest BCUT2D eigenvalue weighted by molar-refractivity contribution is 5.81. The lowest BCUT2D eigenvalue weighted by atomic mass is 10.0. The van der Waals surface area contributed by atoms with Gasteiger partial charge < -0.3 is 14.9 Å². The van der Waals surface area contributed by atoms with Gasteiger partial charge in [-0.2, -0.15) is 0 Å². The van der Waals surface area contributed by atoms with Crippen LogP contribution in [-0.4, -0.2) is 58.2 Å². The molecule has 1 aromatic carbocycles. The summed E-state index contributed by atoms with van der Waals surface area (Å²) in [5.74, 6) is 0.886. The van der Waals surface area contributed by atoms with Crippen molar-refractivity contribution in [3.63, 3.8) is 0 Å². The Balaban J connectivity index is 1.70. The monoisotopic (exact) mass is 404 g/mol. The van der Waals surface area contributed by atoms with Crippen molar-refractivity contribution < 1.29 is 18.7 Å². The molecule has 2 heterocycles. The topological polar surface area (TPSA) is 69.6 Å². The average molecular weight is 404 g/mol. The zero-order chi connectivity index (χ0) is 21.0. The van der Waals surface area contributed by atoms with Gasteiger partial charge in [0.1, 0.15) is 11.9 Å². The van der Waals surface area contributed by atoms with Crippen LogP contribution in [0.3, 0.4) is 0 Å². The maximum absolute atomic E-state index is 13.3. The molecule has 0 radical (unpaired) electrons. The molecule has 0 saturated carbocycles. The maximum atomic E-state index is 13.3. The average Bonchev–Trinajstić information content (AvgIpc) is 2.73. The molecule has 1 atom stereocenters. The molecule has 1 aromatic heterocycles. The Labute approximate surface area is 169 Å². The van der Waals surface area contributed by atoms with Crippen molar-refractivity contribution in [2.24, 2.45) is 5.92 Å². The van der Waals surface area contributed by atoms with Crippen molar-refractivity contribution in [3.8, 4) is 11.4 Å². The van der Waals surface area contributed by atoms with Crippen molar-refractivity contribution >= 4 is 11.7 Å². The third-order valence-electron chi connectivity index (χ3n) is 4.97. The SMILES string of the molecule is CC(C)C[C@@H](O)C(=O)N1CCN(c2ccnc(-c3ccccc3C(F)F)n2)CC1. The summed E-state index contributed by atoms with van der Waals surface area (Å²) in [5.41, 5.74) is 0.217. The summed E-state index contributed by atoms with van der Waals surface area (Å²) in [4.78, 5) is 24.7. The molecule has 0 bridgehead atoms. The van der Waals surface area contributed by atoms with E-state index in [9.17, 15) is 18.7 Å². The molecule has 0 spiro atoms. The van der Waals surface area contributed by atoms with Crippen molar-refractivity contribution in [1.29, 1.82) is 0 Å². The van der Waals surface area contributed by atoms with E-state index < -0.39 is 12.5 Å². The summed E-state index contributed by atoms with van der Waals surface area (Å²) in [7, 11) is 0. The van der Waals surface area contributed by atoms with Gasteiger partial charge >= 0.3 is 0 Å². The molecular formula is C21H26F2N4O2. The molecule has 1 amide bonds. The molecule has 1 N–H and O–H groups in total. The van der Waals surface area contributed by atoms with Crippen LogP contribution in [0.1, 0.15) is 32.3 Å². The smallest absolute Gasteiger partial charge is 0.264 e. The van der Waals surface area contributed by atoms with E-state index in [2.05, 4.69) is 9.97 Å². The zero-order valence-electron chi connectivity index (χ0n) is 16.6. The number of hydrogen-bond donors (Lipinski definition) is 1. The fourth-order valence-corrected chi connectivity index (χ4v) is 3.46. The first kappa shape index (κ1) is 21.1. The quantitative estimate of drug-likeness (QED) is 0.801. The summed E-state index contributed by atoms with van der Waals surface area (Å²) >= 11 is 0. The van der Waals surface area contributed by atoms with E-state index in [1.165, 1.54) is 6.07 Å². The molecule has 0 aliphatic carbocycles. The first-order valence-corrected chi connectivity index (χ1v) is 9.79. The van der Waals surface area contributed by atoms with Crippen LogP contribution in [0.5, 0.6) is 0 Å². The van der Waals surface area contributed by atoms with Crippen LogP contribution in [0.15, 0.2) is 36.5 Å². The highest BCUT2D eigenvalue weighted by atomic mass is 19.3. The van der Waals surface area contributed by atoms with Crippen LogP contribution in [0.2, 0.25) is 0 Å². The molecule has 1 fully saturated rings. The Morgan fingerprint density at radius 1 is 1.14 bits per heavy atom. The number of nitrogens with zero attached hydrogens (tertiary/aromatic N) is 4. The van der Waals surface area contributed by atoms with Gasteiger partial charge in [0, 0.05) is 43.5 Å². The first-order valence-electron chi connectivity index (χ1n) is 9.79. The number of aromatic nitrogens is 2. The molecule has 1 aliphatic heterocycles. The molecule has 0 unspecified atom stereocenters. The molecule has 156 valence electrons. The molecule has 3 rings (SSSR count). The number of alkyl halides is 2. The molecule has 29 heavy (non-hydrogen) atoms. The number of hydrogen-bond acceptors (Lipinski definition) is 5. The maximum Gasteiger partial charge on any atom is 0.264 e. The van der Waals surface area contributed by atoms with Gasteiger partial charge in [-0.05, 0) is 18.4 Å². The summed E-state index contributed by atoms with van der Waals surface area (Å²) in [6.45, 7) is 5.97. The van der Waals surface area contributed by atoms with Crippen molar-refractivity contribution in [3.05, 3.63) is 42.1 Å². The van der Waals surface area contributed by atoms with Crippen molar-refractivity contribution in [2.45, 2.75) is 32.8 Å². The summed E-state index contributed by atoms with van der Waals surface area (Å²) in [6, 6.07) is 7.96. The first-order chi connectivity index (χ1) is 13.9. The number of anilines is 1. The minimum Gasteiger partial charge on any atom is -0.383 e. The van der Waals surface area contributed by atoms with E-state index >= 15 is 0 Å². The Bertz CT molecular complexity index is 839. The number of benzene rings is 1. The summed E-state index contributed by atoms with van der Waals surface area (Å²) < 4.78 is 26.6. The minimum absolute atomic E-state index is 0.0980. The zero-order valence-corrected chi connectivity index (χ0v) is 16.6. The van der Waals surface area contributed by atoms with Crippen LogP contribution < -0.4 is 4.90 Å². The Hall–Kier alpha value is -2.61. The largest absolute Gasteiger partial charge is 0.383 e. The second-order valence-corrected chi connectivity index (χ2v) is 7.58. The number of piperazine rings is 1. The number of carbonyl (C=O) groups is 1. The van der Waals surface area contributed by atoms with E-state index in [1.54, 1.807) is 35.4 Å². The Kier molecular flexibility index (Phi) is 6.74. The lowest BCUT2D eigenvalue weighted by Crippen LogP contribution is -2.51. The van der Waals surface area contributed by atoms with Crippen LogP contribution >= 0.6 is 0 Å². The standard InChI is InChI=1S/C21H26F2N4O2/c1-14(2)13-17(28)21(29)27-11-9-26(10-12-27)18-7-8-24-20(25-18)16-6-4-3-5-15(16)19(22)23/h3-8,14,17,19,28H,9-13H2,1-2H3/t17-/m1/s1. The van der Waals surface area contributed by atoms with Gasteiger partial charge in [-0.1, -0.05) is 38.1 Å². The highest BCUT2D eigenvalue weighted by Crippen LogP contribution is 2.29. The van der Waals surface area contributed by atoms with E-state index in [-0.39, 0.29) is 23.2 Å². The summed E-state index contributed by atoms with van der Waals surface area (Å²) in [5, 5.41) is 10.1. The lowest BCUT2D eigenvalue weighted by molar-refractivity contribution is -0.141. The Morgan fingerprint density at radius 3 is 2.48 bits per heavy atom. The highest BCUT2D eigenvalue weighted by Gasteiger charge is 2.27. The van der Waals surface area contributed by atoms with Gasteiger partial charge in [0.25, 0.3) is 12.3 Å². The molecular weight excluding hydrogens is 378 g/mol. The van der Waals surface area contributed by atoms with Crippen LogP contribution in [0.25, 0.3) is 11.4 Å². The second-order valence-electron chi connectivity index (χ2n) is 7.58. The third kappa shape index (κ3) is 5.06. The minimum atomic E-state index is -2.61. The van der Waals surface area contributed by atoms with Gasteiger partial charge in [0.2, 0.25) is 0 Å². The van der Waals surface area contributed by atoms with Gasteiger partial charge in [-0.3, -0.25) is 4.79 Å². The van der Waals surface area contributed by atoms with Crippen molar-refractivity contribution in [2.75, 3.05) is 31.1 Å². The number of aliphatic hydroxyl groups is 1. The van der Waals surface area contributed by atoms with Crippen LogP contribution in [-0.2, 0) is 4.79 Å². The molecule has 6 nitrogen and oxygen atoms in total. The molecule has 8 heteroatoms. The van der Waals surface area contributed by atoms with Crippen LogP contribution in [0.4, 0.5) is 14.6 Å². The molecule has 1 saturated heterocycles. The molecule has 1 aliphatic rings. The van der Waals surface area contributed by atoms with E-state index in [1.807, 2.05) is 18.7 Å². The van der Waals surface area contributed by atoms with Gasteiger partial charge in [0.15, 0.2) is 5.82 Å². The van der Waals surface area contributed by atoms with Crippen molar-refractivity contribution in [1.82, 2.24) is 14.9 Å². The fraction of sp³-hybridized carbons (Fsp3) is 0.476. The lowest BCUT2D eigenvalue weighted by Gasteiger charge is -2.36. The predicted molar refractivity (Wildman–Crippen MR) is 107 cm³/mol. The van der Waals surface area contributed by atoms with E-state index in [0.717, 1.165) is 0 Å². The fourth-order valence-electron chi connectivity index (χ4n) is 3.46. The molecule has 2 aromatic rings. The normalized spacial score (nSPS) is 15.8. The van der Waals surface area contributed by atoms with E-state index in [0.29, 0.717) is 44.0 Å². The predicted octanol–water partition coefficient (Wildman–Crippen LogP) is 3.14. The number of rotatable bonds is 6. The van der Waals surface area contributed by atoms with Gasteiger partial charge in [-0.25, -0.2) is 18.7 Å². The van der Waals surface area contributed by atoms with Crippen LogP contribution in [0, 0.1) is 5.92 Å². The Morgan fingerprint density at radius 2 is 1.83 bits per heavy atom. The van der Waals surface area contributed by atoms with Gasteiger partial charge in [-0.15, -0.1) is 0 Å². The third-order valence-corrected chi connectivity index (χ3v) is 4.97. The number of aliphatic hydroxyl groups excluding tert-OH is 1. The number of carbonyl (C=O) groups excluding carboxylic acids is 1. The summed E-state index contributed by atoms with van der Waals surface area (Å²) in [6.07, 6.45) is -1.58. The number of amides is 1. The number of halogens is 2. The second kappa shape index (κ2) is 9.26. The van der Waals surface area contributed by atoms with Gasteiger partial charge in [0.05, 0.1) is 0 Å². The van der Waals surface area contributed by atoms with E-state index in [4.69, 9.17) is 0 Å².